The highest BCUT2D eigenvalue weighted by molar-refractivity contribution is 4.85. The third kappa shape index (κ3) is 3.48. The van der Waals surface area contributed by atoms with Crippen molar-refractivity contribution in [3.8, 4) is 0 Å². The smallest absolute Gasteiger partial charge is 0.00176 e. The quantitative estimate of drug-likeness (QED) is 0.695. The molecule has 0 bridgehead atoms. The molecule has 3 atom stereocenters. The van der Waals surface area contributed by atoms with E-state index < -0.39 is 0 Å². The summed E-state index contributed by atoms with van der Waals surface area (Å²) in [7, 11) is 0. The van der Waals surface area contributed by atoms with Crippen LogP contribution in [0.1, 0.15) is 59.3 Å². The van der Waals surface area contributed by atoms with Gasteiger partial charge in [-0.1, -0.05) is 46.5 Å². The Labute approximate surface area is 96.0 Å². The van der Waals surface area contributed by atoms with Crippen molar-refractivity contribution in [2.75, 3.05) is 13.1 Å². The highest BCUT2D eigenvalue weighted by atomic mass is 14.9. The molecule has 2 fully saturated rings. The molecule has 0 amide bonds. The van der Waals surface area contributed by atoms with Gasteiger partial charge < -0.3 is 5.32 Å². The van der Waals surface area contributed by atoms with Crippen LogP contribution in [-0.4, -0.2) is 13.1 Å². The number of rotatable bonds is 1. The van der Waals surface area contributed by atoms with Crippen LogP contribution in [0, 0.1) is 17.8 Å². The number of nitrogens with one attached hydrogen (secondary N) is 1. The molecule has 1 saturated carbocycles. The van der Waals surface area contributed by atoms with Crippen LogP contribution < -0.4 is 5.32 Å². The van der Waals surface area contributed by atoms with Crippen molar-refractivity contribution in [1.29, 1.82) is 0 Å². The van der Waals surface area contributed by atoms with Gasteiger partial charge in [0.25, 0.3) is 0 Å². The molecule has 0 aromatic carbocycles. The van der Waals surface area contributed by atoms with E-state index in [1.807, 2.05) is 13.8 Å². The van der Waals surface area contributed by atoms with Gasteiger partial charge >= 0.3 is 0 Å². The van der Waals surface area contributed by atoms with E-state index in [1.54, 1.807) is 0 Å². The molecule has 2 rings (SSSR count). The molecule has 1 heteroatoms. The molecule has 0 aromatic rings. The highest BCUT2D eigenvalue weighted by Gasteiger charge is 2.32. The zero-order valence-electron chi connectivity index (χ0n) is 10.9. The van der Waals surface area contributed by atoms with E-state index in [-0.39, 0.29) is 0 Å². The van der Waals surface area contributed by atoms with Crippen molar-refractivity contribution in [2.45, 2.75) is 59.3 Å². The Bertz CT molecular complexity index is 155. The zero-order valence-corrected chi connectivity index (χ0v) is 10.9. The molecule has 1 aliphatic heterocycles. The predicted octanol–water partition coefficient (Wildman–Crippen LogP) is 3.84. The molecule has 1 saturated heterocycles. The molecule has 3 unspecified atom stereocenters. The van der Waals surface area contributed by atoms with Gasteiger partial charge in [-0.2, -0.15) is 0 Å². The normalized spacial score (nSPS) is 35.8. The van der Waals surface area contributed by atoms with E-state index in [0.717, 1.165) is 17.8 Å². The van der Waals surface area contributed by atoms with E-state index in [0.29, 0.717) is 0 Å². The lowest BCUT2D eigenvalue weighted by Gasteiger charge is -2.37. The lowest BCUT2D eigenvalue weighted by molar-refractivity contribution is 0.155. The maximum atomic E-state index is 3.61. The minimum Gasteiger partial charge on any atom is -0.316 e. The lowest BCUT2D eigenvalue weighted by atomic mass is 9.74. The minimum absolute atomic E-state index is 0.983. The van der Waals surface area contributed by atoms with Crippen molar-refractivity contribution < 1.29 is 0 Å². The summed E-state index contributed by atoms with van der Waals surface area (Å²) in [6.07, 6.45) is 8.87. The van der Waals surface area contributed by atoms with Gasteiger partial charge in [-0.05, 0) is 43.7 Å². The monoisotopic (exact) mass is 211 g/mol. The highest BCUT2D eigenvalue weighted by Crippen LogP contribution is 2.36. The minimum atomic E-state index is 0.983. The number of piperidine rings is 1. The maximum Gasteiger partial charge on any atom is -0.00176 e. The Morgan fingerprint density at radius 1 is 1.00 bits per heavy atom. The summed E-state index contributed by atoms with van der Waals surface area (Å²) in [6.45, 7) is 8.96. The van der Waals surface area contributed by atoms with Crippen LogP contribution in [0.2, 0.25) is 0 Å². The number of hydrogen-bond donors (Lipinski definition) is 1. The molecule has 1 nitrogen and oxygen atoms in total. The molecule has 0 spiro atoms. The molecule has 2 aliphatic rings. The second kappa shape index (κ2) is 7.27. The second-order valence-electron chi connectivity index (χ2n) is 4.89. The van der Waals surface area contributed by atoms with Gasteiger partial charge in [0.05, 0.1) is 0 Å². The summed E-state index contributed by atoms with van der Waals surface area (Å²) in [5, 5.41) is 3.61. The van der Waals surface area contributed by atoms with Gasteiger partial charge in [0.1, 0.15) is 0 Å². The molecular weight excluding hydrogens is 182 g/mol. The van der Waals surface area contributed by atoms with Crippen molar-refractivity contribution in [3.05, 3.63) is 0 Å². The van der Waals surface area contributed by atoms with Crippen LogP contribution in [0.25, 0.3) is 0 Å². The average molecular weight is 211 g/mol. The van der Waals surface area contributed by atoms with Crippen LogP contribution in [0.15, 0.2) is 0 Å². The fourth-order valence-electron chi connectivity index (χ4n) is 3.34. The van der Waals surface area contributed by atoms with Gasteiger partial charge in [-0.3, -0.25) is 0 Å². The SMILES string of the molecule is CC.CCC1CNCC2CCCCCC12. The third-order valence-electron chi connectivity index (χ3n) is 4.16. The summed E-state index contributed by atoms with van der Waals surface area (Å²) in [6, 6.07) is 0. The molecule has 90 valence electrons. The fraction of sp³-hybridized carbons (Fsp3) is 1.00. The summed E-state index contributed by atoms with van der Waals surface area (Å²) in [4.78, 5) is 0. The van der Waals surface area contributed by atoms with E-state index in [2.05, 4.69) is 12.2 Å². The first kappa shape index (κ1) is 13.0. The van der Waals surface area contributed by atoms with Crippen molar-refractivity contribution in [2.24, 2.45) is 17.8 Å². The van der Waals surface area contributed by atoms with Crippen LogP contribution >= 0.6 is 0 Å². The van der Waals surface area contributed by atoms with Crippen LogP contribution in [-0.2, 0) is 0 Å². The standard InChI is InChI=1S/C12H23N.C2H6/c1-2-10-8-13-9-11-6-4-3-5-7-12(10)11;1-2/h10-13H,2-9H2,1H3;1-2H3. The van der Waals surface area contributed by atoms with Crippen molar-refractivity contribution in [3.63, 3.8) is 0 Å². The van der Waals surface area contributed by atoms with E-state index in [1.165, 1.54) is 51.6 Å². The Balaban J connectivity index is 0.000000531. The summed E-state index contributed by atoms with van der Waals surface area (Å²) < 4.78 is 0. The van der Waals surface area contributed by atoms with Gasteiger partial charge in [0.15, 0.2) is 0 Å². The van der Waals surface area contributed by atoms with Gasteiger partial charge in [-0.25, -0.2) is 0 Å². The Hall–Kier alpha value is -0.0400. The van der Waals surface area contributed by atoms with Gasteiger partial charge in [0.2, 0.25) is 0 Å². The van der Waals surface area contributed by atoms with E-state index in [4.69, 9.17) is 0 Å². The zero-order chi connectivity index (χ0) is 11.1. The Kier molecular flexibility index (Phi) is 6.31. The fourth-order valence-corrected chi connectivity index (χ4v) is 3.34. The van der Waals surface area contributed by atoms with Gasteiger partial charge in [-0.15, -0.1) is 0 Å². The first-order chi connectivity index (χ1) is 7.42. The summed E-state index contributed by atoms with van der Waals surface area (Å²) in [5.74, 6) is 3.06. The van der Waals surface area contributed by atoms with Crippen LogP contribution in [0.3, 0.4) is 0 Å². The second-order valence-corrected chi connectivity index (χ2v) is 4.89. The molecule has 0 radical (unpaired) electrons. The van der Waals surface area contributed by atoms with Crippen LogP contribution in [0.5, 0.6) is 0 Å². The Morgan fingerprint density at radius 2 is 1.73 bits per heavy atom. The molecule has 15 heavy (non-hydrogen) atoms. The summed E-state index contributed by atoms with van der Waals surface area (Å²) in [5.41, 5.74) is 0. The number of hydrogen-bond acceptors (Lipinski definition) is 1. The van der Waals surface area contributed by atoms with E-state index >= 15 is 0 Å². The third-order valence-corrected chi connectivity index (χ3v) is 4.16. The predicted molar refractivity (Wildman–Crippen MR) is 68.1 cm³/mol. The van der Waals surface area contributed by atoms with Crippen LogP contribution in [0.4, 0.5) is 0 Å². The molecule has 0 aromatic heterocycles. The van der Waals surface area contributed by atoms with Crippen molar-refractivity contribution in [1.82, 2.24) is 5.32 Å². The van der Waals surface area contributed by atoms with Gasteiger partial charge in [0, 0.05) is 0 Å². The largest absolute Gasteiger partial charge is 0.316 e. The lowest BCUT2D eigenvalue weighted by Crippen LogP contribution is -2.42. The maximum absolute atomic E-state index is 3.61. The first-order valence-corrected chi connectivity index (χ1v) is 7.12. The molecular formula is C14H29N. The Morgan fingerprint density at radius 3 is 2.47 bits per heavy atom. The van der Waals surface area contributed by atoms with Crippen molar-refractivity contribution >= 4 is 0 Å². The summed E-state index contributed by atoms with van der Waals surface area (Å²) >= 11 is 0. The average Bonchev–Trinajstić information content (AvgIpc) is 2.56. The van der Waals surface area contributed by atoms with E-state index in [9.17, 15) is 0 Å². The number of fused-ring (bicyclic) bond motifs is 1. The first-order valence-electron chi connectivity index (χ1n) is 7.12. The molecule has 1 aliphatic carbocycles. The molecule has 1 heterocycles. The molecule has 1 N–H and O–H groups in total. The topological polar surface area (TPSA) is 12.0 Å².